The molecule has 0 aliphatic carbocycles. The van der Waals surface area contributed by atoms with Gasteiger partial charge in [0.1, 0.15) is 18.1 Å². The molecule has 31 heavy (non-hydrogen) atoms. The largest absolute Gasteiger partial charge is 0.480 e. The second kappa shape index (κ2) is 14.3. The summed E-state index contributed by atoms with van der Waals surface area (Å²) in [6.07, 6.45) is 2.86. The first-order valence-electron chi connectivity index (χ1n) is 10.8. The van der Waals surface area contributed by atoms with Gasteiger partial charge in [0, 0.05) is 0 Å². The zero-order valence-electron chi connectivity index (χ0n) is 19.7. The summed E-state index contributed by atoms with van der Waals surface area (Å²) in [5, 5.41) is 17.2. The molecule has 0 aromatic carbocycles. The highest BCUT2D eigenvalue weighted by Crippen LogP contribution is 2.10. The van der Waals surface area contributed by atoms with Crippen LogP contribution in [0, 0.1) is 17.8 Å². The first-order valence-corrected chi connectivity index (χ1v) is 12.1. The third-order valence-electron chi connectivity index (χ3n) is 5.28. The monoisotopic (exact) mass is 460 g/mol. The molecule has 5 atom stereocenters. The molecule has 0 saturated carbocycles. The van der Waals surface area contributed by atoms with E-state index >= 15 is 0 Å². The Morgan fingerprint density at radius 2 is 1.32 bits per heavy atom. The van der Waals surface area contributed by atoms with Gasteiger partial charge in [-0.3, -0.25) is 14.4 Å². The van der Waals surface area contributed by atoms with Crippen LogP contribution in [0.2, 0.25) is 0 Å². The second-order valence-corrected chi connectivity index (χ2v) is 9.54. The molecule has 0 heterocycles. The van der Waals surface area contributed by atoms with E-state index in [2.05, 4.69) is 16.0 Å². The Morgan fingerprint density at radius 3 is 1.71 bits per heavy atom. The van der Waals surface area contributed by atoms with Crippen molar-refractivity contribution in [3.63, 3.8) is 0 Å². The third-order valence-corrected chi connectivity index (χ3v) is 5.92. The molecule has 0 saturated heterocycles. The number of carboxylic acid groups (broad SMARTS) is 1. The highest BCUT2D eigenvalue weighted by Gasteiger charge is 2.33. The fraction of sp³-hybridized carbons (Fsp3) is 0.810. The molecular weight excluding hydrogens is 420 g/mol. The maximum Gasteiger partial charge on any atom is 0.326 e. The Kier molecular flexibility index (Phi) is 13.5. The van der Waals surface area contributed by atoms with Gasteiger partial charge in [0.2, 0.25) is 17.7 Å². The number of hydrogen-bond donors (Lipinski definition) is 5. The molecule has 6 N–H and O–H groups in total. The quantitative estimate of drug-likeness (QED) is 0.259. The van der Waals surface area contributed by atoms with Gasteiger partial charge in [-0.2, -0.15) is 11.8 Å². The Balaban J connectivity index is 5.34. The summed E-state index contributed by atoms with van der Waals surface area (Å²) >= 11 is 1.48. The SMILES string of the molecule is CCC(C)C(N)C(=O)NC(C(=O)NC(C(=O)NC(CCSC)C(=O)O)C(C)C)C(C)C. The maximum atomic E-state index is 12.9. The normalized spacial score (nSPS) is 16.2. The van der Waals surface area contributed by atoms with Crippen LogP contribution in [0.3, 0.4) is 0 Å². The van der Waals surface area contributed by atoms with Gasteiger partial charge >= 0.3 is 5.97 Å². The molecule has 0 aliphatic heterocycles. The van der Waals surface area contributed by atoms with Gasteiger partial charge < -0.3 is 26.8 Å². The molecule has 0 aromatic rings. The zero-order chi connectivity index (χ0) is 24.3. The number of nitrogens with two attached hydrogens (primary N) is 1. The number of carboxylic acids is 1. The van der Waals surface area contributed by atoms with Crippen molar-refractivity contribution in [3.05, 3.63) is 0 Å². The Morgan fingerprint density at radius 1 is 0.871 bits per heavy atom. The van der Waals surface area contributed by atoms with Gasteiger partial charge in [-0.25, -0.2) is 4.79 Å². The van der Waals surface area contributed by atoms with E-state index in [1.807, 2.05) is 20.1 Å². The van der Waals surface area contributed by atoms with Crippen LogP contribution in [0.4, 0.5) is 0 Å². The van der Waals surface area contributed by atoms with Crippen molar-refractivity contribution >= 4 is 35.5 Å². The molecular formula is C21H40N4O5S. The molecule has 10 heteroatoms. The van der Waals surface area contributed by atoms with Crippen LogP contribution < -0.4 is 21.7 Å². The number of aliphatic carboxylic acids is 1. The van der Waals surface area contributed by atoms with Gasteiger partial charge in [0.15, 0.2) is 0 Å². The van der Waals surface area contributed by atoms with Crippen LogP contribution in [0.15, 0.2) is 0 Å². The highest BCUT2D eigenvalue weighted by atomic mass is 32.2. The number of carbonyl (C=O) groups is 4. The average molecular weight is 461 g/mol. The minimum Gasteiger partial charge on any atom is -0.480 e. The number of rotatable bonds is 14. The first kappa shape index (κ1) is 29.2. The fourth-order valence-corrected chi connectivity index (χ4v) is 3.30. The van der Waals surface area contributed by atoms with Crippen molar-refractivity contribution in [3.8, 4) is 0 Å². The molecule has 0 fully saturated rings. The molecule has 0 radical (unpaired) electrons. The molecule has 5 unspecified atom stereocenters. The topological polar surface area (TPSA) is 151 Å². The second-order valence-electron chi connectivity index (χ2n) is 8.55. The molecule has 0 aliphatic rings. The molecule has 0 aromatic heterocycles. The van der Waals surface area contributed by atoms with Crippen LogP contribution in [0.25, 0.3) is 0 Å². The van der Waals surface area contributed by atoms with Crippen molar-refractivity contribution in [2.45, 2.75) is 78.6 Å². The van der Waals surface area contributed by atoms with Gasteiger partial charge in [-0.1, -0.05) is 48.0 Å². The Hall–Kier alpha value is -1.81. The van der Waals surface area contributed by atoms with Crippen molar-refractivity contribution < 1.29 is 24.3 Å². The van der Waals surface area contributed by atoms with Crippen molar-refractivity contribution in [1.29, 1.82) is 0 Å². The lowest BCUT2D eigenvalue weighted by molar-refractivity contribution is -0.142. The van der Waals surface area contributed by atoms with Gasteiger partial charge in [-0.05, 0) is 36.2 Å². The van der Waals surface area contributed by atoms with Crippen molar-refractivity contribution in [1.82, 2.24) is 16.0 Å². The van der Waals surface area contributed by atoms with E-state index in [-0.39, 0.29) is 24.2 Å². The Bertz CT molecular complexity index is 615. The van der Waals surface area contributed by atoms with E-state index in [1.165, 1.54) is 11.8 Å². The third kappa shape index (κ3) is 9.90. The standard InChI is InChI=1S/C21H40N4O5S/c1-8-13(6)15(22)18(26)24-17(12(4)5)20(28)25-16(11(2)3)19(27)23-14(21(29)30)9-10-31-7/h11-17H,8-10,22H2,1-7H3,(H,23,27)(H,24,26)(H,25,28)(H,29,30). The number of nitrogens with one attached hydrogen (secondary N) is 3. The van der Waals surface area contributed by atoms with Gasteiger partial charge in [-0.15, -0.1) is 0 Å². The van der Waals surface area contributed by atoms with E-state index in [0.717, 1.165) is 6.42 Å². The molecule has 0 bridgehead atoms. The van der Waals surface area contributed by atoms with E-state index in [9.17, 15) is 24.3 Å². The molecule has 9 nitrogen and oxygen atoms in total. The predicted octanol–water partition coefficient (Wildman–Crippen LogP) is 0.964. The number of thioether (sulfide) groups is 1. The van der Waals surface area contributed by atoms with E-state index in [0.29, 0.717) is 5.75 Å². The molecule has 0 rings (SSSR count). The average Bonchev–Trinajstić information content (AvgIpc) is 2.70. The lowest BCUT2D eigenvalue weighted by atomic mass is 9.96. The Labute approximate surface area is 190 Å². The summed E-state index contributed by atoms with van der Waals surface area (Å²) in [5.41, 5.74) is 5.98. The molecule has 3 amide bonds. The smallest absolute Gasteiger partial charge is 0.326 e. The summed E-state index contributed by atoms with van der Waals surface area (Å²) in [7, 11) is 0. The first-order chi connectivity index (χ1) is 14.4. The lowest BCUT2D eigenvalue weighted by Crippen LogP contribution is -2.60. The predicted molar refractivity (Wildman–Crippen MR) is 124 cm³/mol. The van der Waals surface area contributed by atoms with Crippen LogP contribution in [0.1, 0.15) is 54.4 Å². The van der Waals surface area contributed by atoms with Crippen LogP contribution >= 0.6 is 11.8 Å². The minimum atomic E-state index is -1.12. The molecule has 180 valence electrons. The number of amides is 3. The van der Waals surface area contributed by atoms with Crippen molar-refractivity contribution in [2.24, 2.45) is 23.5 Å². The minimum absolute atomic E-state index is 0.0423. The van der Waals surface area contributed by atoms with Crippen LogP contribution in [-0.2, 0) is 19.2 Å². The summed E-state index contributed by atoms with van der Waals surface area (Å²) in [6.45, 7) is 10.9. The van der Waals surface area contributed by atoms with E-state index < -0.39 is 47.9 Å². The van der Waals surface area contributed by atoms with Crippen LogP contribution in [0.5, 0.6) is 0 Å². The zero-order valence-corrected chi connectivity index (χ0v) is 20.5. The van der Waals surface area contributed by atoms with Gasteiger partial charge in [0.25, 0.3) is 0 Å². The fourth-order valence-electron chi connectivity index (χ4n) is 2.83. The molecule has 0 spiro atoms. The summed E-state index contributed by atoms with van der Waals surface area (Å²) in [5.74, 6) is -2.61. The summed E-state index contributed by atoms with van der Waals surface area (Å²) < 4.78 is 0. The van der Waals surface area contributed by atoms with Gasteiger partial charge in [0.05, 0.1) is 6.04 Å². The van der Waals surface area contributed by atoms with Crippen molar-refractivity contribution in [2.75, 3.05) is 12.0 Å². The number of carbonyl (C=O) groups excluding carboxylic acids is 3. The van der Waals surface area contributed by atoms with E-state index in [4.69, 9.17) is 5.73 Å². The summed E-state index contributed by atoms with van der Waals surface area (Å²) in [6, 6.07) is -3.59. The van der Waals surface area contributed by atoms with E-state index in [1.54, 1.807) is 27.7 Å². The maximum absolute atomic E-state index is 12.9. The lowest BCUT2D eigenvalue weighted by Gasteiger charge is -2.29. The number of hydrogen-bond acceptors (Lipinski definition) is 6. The van der Waals surface area contributed by atoms with Crippen LogP contribution in [-0.4, -0.2) is 65.0 Å². The summed E-state index contributed by atoms with van der Waals surface area (Å²) in [4.78, 5) is 49.6. The highest BCUT2D eigenvalue weighted by molar-refractivity contribution is 7.98.